The van der Waals surface area contributed by atoms with E-state index in [0.717, 1.165) is 0 Å². The maximum atomic E-state index is 13.8. The number of hydrogen-bond acceptors (Lipinski definition) is 2. The number of carboxylic acids is 1. The Kier molecular flexibility index (Phi) is 5.06. The highest BCUT2D eigenvalue weighted by Crippen LogP contribution is 2.30. The Balaban J connectivity index is 2.58. The van der Waals surface area contributed by atoms with E-state index in [-0.39, 0.29) is 21.2 Å². The molecule has 114 valence electrons. The summed E-state index contributed by atoms with van der Waals surface area (Å²) in [6.45, 7) is 0. The predicted molar refractivity (Wildman–Crippen MR) is 84.9 cm³/mol. The third-order valence-electron chi connectivity index (χ3n) is 2.98. The number of aliphatic carboxylic acids is 1. The lowest BCUT2D eigenvalue weighted by atomic mass is 10.0. The number of carbonyl (C=O) groups is 1. The molecule has 6 heteroatoms. The molecule has 0 saturated heterocycles. The highest BCUT2D eigenvalue weighted by Gasteiger charge is 2.15. The van der Waals surface area contributed by atoms with Crippen LogP contribution in [0.4, 0.5) is 4.39 Å². The fourth-order valence-electron chi connectivity index (χ4n) is 1.90. The molecule has 0 aromatic heterocycles. The molecule has 2 aromatic carbocycles. The SMILES string of the molecule is COc1ccc(/C(=C/c2c(F)cccc2Cl)C(=O)O)cc1Cl. The molecule has 2 aromatic rings. The van der Waals surface area contributed by atoms with Gasteiger partial charge in [0.2, 0.25) is 0 Å². The quantitative estimate of drug-likeness (QED) is 0.644. The molecule has 0 saturated carbocycles. The van der Waals surface area contributed by atoms with Crippen LogP contribution in [-0.2, 0) is 4.79 Å². The van der Waals surface area contributed by atoms with Crippen molar-refractivity contribution in [2.75, 3.05) is 7.11 Å². The van der Waals surface area contributed by atoms with Gasteiger partial charge in [-0.15, -0.1) is 0 Å². The molecule has 0 heterocycles. The molecule has 1 N–H and O–H groups in total. The normalized spacial score (nSPS) is 11.4. The summed E-state index contributed by atoms with van der Waals surface area (Å²) < 4.78 is 18.8. The zero-order valence-electron chi connectivity index (χ0n) is 11.4. The molecule has 0 radical (unpaired) electrons. The van der Waals surface area contributed by atoms with Crippen LogP contribution in [0.25, 0.3) is 11.6 Å². The Labute approximate surface area is 136 Å². The average molecular weight is 341 g/mol. The van der Waals surface area contributed by atoms with E-state index in [1.807, 2.05) is 0 Å². The molecule has 0 aliphatic rings. The van der Waals surface area contributed by atoms with E-state index < -0.39 is 11.8 Å². The third kappa shape index (κ3) is 3.40. The van der Waals surface area contributed by atoms with Crippen molar-refractivity contribution in [1.82, 2.24) is 0 Å². The van der Waals surface area contributed by atoms with E-state index in [1.165, 1.54) is 49.6 Å². The van der Waals surface area contributed by atoms with Gasteiger partial charge in [-0.2, -0.15) is 0 Å². The van der Waals surface area contributed by atoms with Gasteiger partial charge in [-0.1, -0.05) is 35.3 Å². The summed E-state index contributed by atoms with van der Waals surface area (Å²) in [7, 11) is 1.45. The number of methoxy groups -OCH3 is 1. The Bertz CT molecular complexity index is 737. The molecular formula is C16H11Cl2FO3. The van der Waals surface area contributed by atoms with Crippen molar-refractivity contribution in [1.29, 1.82) is 0 Å². The van der Waals surface area contributed by atoms with Crippen LogP contribution in [-0.4, -0.2) is 18.2 Å². The first-order valence-electron chi connectivity index (χ1n) is 6.17. The Morgan fingerprint density at radius 1 is 1.23 bits per heavy atom. The smallest absolute Gasteiger partial charge is 0.336 e. The largest absolute Gasteiger partial charge is 0.495 e. The number of ether oxygens (including phenoxy) is 1. The Morgan fingerprint density at radius 3 is 2.50 bits per heavy atom. The highest BCUT2D eigenvalue weighted by atomic mass is 35.5. The number of rotatable bonds is 4. The van der Waals surface area contributed by atoms with Crippen LogP contribution in [0.15, 0.2) is 36.4 Å². The summed E-state index contributed by atoms with van der Waals surface area (Å²) in [5.74, 6) is -1.41. The van der Waals surface area contributed by atoms with E-state index >= 15 is 0 Å². The Morgan fingerprint density at radius 2 is 1.95 bits per heavy atom. The average Bonchev–Trinajstić information content (AvgIpc) is 2.46. The van der Waals surface area contributed by atoms with Crippen LogP contribution in [0.1, 0.15) is 11.1 Å². The number of halogens is 3. The van der Waals surface area contributed by atoms with Crippen LogP contribution >= 0.6 is 23.2 Å². The second-order valence-electron chi connectivity index (χ2n) is 4.35. The van der Waals surface area contributed by atoms with Crippen molar-refractivity contribution in [3.63, 3.8) is 0 Å². The molecule has 3 nitrogen and oxygen atoms in total. The summed E-state index contributed by atoms with van der Waals surface area (Å²) in [5.41, 5.74) is 0.197. The molecule has 0 bridgehead atoms. The predicted octanol–water partition coefficient (Wildman–Crippen LogP) is 4.77. The van der Waals surface area contributed by atoms with E-state index in [4.69, 9.17) is 27.9 Å². The van der Waals surface area contributed by atoms with Gasteiger partial charge in [0.05, 0.1) is 22.7 Å². The summed E-state index contributed by atoms with van der Waals surface area (Å²) in [6.07, 6.45) is 1.18. The monoisotopic (exact) mass is 340 g/mol. The molecule has 2 rings (SSSR count). The van der Waals surface area contributed by atoms with Crippen LogP contribution in [0.2, 0.25) is 10.0 Å². The van der Waals surface area contributed by atoms with Crippen LogP contribution in [0.5, 0.6) is 5.75 Å². The highest BCUT2D eigenvalue weighted by molar-refractivity contribution is 6.34. The lowest BCUT2D eigenvalue weighted by molar-refractivity contribution is -0.130. The van der Waals surface area contributed by atoms with Gasteiger partial charge in [0.25, 0.3) is 0 Å². The molecule has 0 unspecified atom stereocenters. The number of benzene rings is 2. The molecule has 0 fully saturated rings. The first-order chi connectivity index (χ1) is 10.4. The minimum atomic E-state index is -1.22. The van der Waals surface area contributed by atoms with Crippen molar-refractivity contribution in [3.8, 4) is 5.75 Å². The van der Waals surface area contributed by atoms with Crippen molar-refractivity contribution < 1.29 is 19.0 Å². The zero-order valence-corrected chi connectivity index (χ0v) is 13.0. The number of hydrogen-bond donors (Lipinski definition) is 1. The van der Waals surface area contributed by atoms with E-state index in [1.54, 1.807) is 0 Å². The standard InChI is InChI=1S/C16H11Cl2FO3/c1-22-15-6-5-9(7-13(15)18)10(16(20)21)8-11-12(17)3-2-4-14(11)19/h2-8H,1H3,(H,20,21)/b10-8-. The van der Waals surface area contributed by atoms with Gasteiger partial charge in [0.1, 0.15) is 11.6 Å². The first-order valence-corrected chi connectivity index (χ1v) is 6.92. The number of carboxylic acid groups (broad SMARTS) is 1. The fourth-order valence-corrected chi connectivity index (χ4v) is 2.37. The molecule has 0 amide bonds. The van der Waals surface area contributed by atoms with E-state index in [9.17, 15) is 14.3 Å². The van der Waals surface area contributed by atoms with E-state index in [2.05, 4.69) is 0 Å². The van der Waals surface area contributed by atoms with Gasteiger partial charge in [0.15, 0.2) is 0 Å². The summed E-state index contributed by atoms with van der Waals surface area (Å²) >= 11 is 11.9. The maximum Gasteiger partial charge on any atom is 0.336 e. The van der Waals surface area contributed by atoms with Crippen molar-refractivity contribution in [2.45, 2.75) is 0 Å². The summed E-state index contributed by atoms with van der Waals surface area (Å²) in [4.78, 5) is 11.5. The van der Waals surface area contributed by atoms with Gasteiger partial charge >= 0.3 is 5.97 Å². The molecule has 0 atom stereocenters. The van der Waals surface area contributed by atoms with Gasteiger partial charge < -0.3 is 9.84 Å². The van der Waals surface area contributed by atoms with Gasteiger partial charge in [-0.3, -0.25) is 0 Å². The van der Waals surface area contributed by atoms with Crippen LogP contribution in [0, 0.1) is 5.82 Å². The molecule has 0 aliphatic heterocycles. The molecule has 0 aliphatic carbocycles. The van der Waals surface area contributed by atoms with Crippen molar-refractivity contribution in [3.05, 3.63) is 63.4 Å². The summed E-state index contributed by atoms with van der Waals surface area (Å²) in [6, 6.07) is 8.64. The maximum absolute atomic E-state index is 13.8. The second-order valence-corrected chi connectivity index (χ2v) is 5.16. The molecular weight excluding hydrogens is 330 g/mol. The molecule has 0 spiro atoms. The van der Waals surface area contributed by atoms with Gasteiger partial charge in [-0.25, -0.2) is 9.18 Å². The lowest BCUT2D eigenvalue weighted by Gasteiger charge is -2.08. The Hall–Kier alpha value is -2.04. The van der Waals surface area contributed by atoms with Crippen LogP contribution in [0.3, 0.4) is 0 Å². The van der Waals surface area contributed by atoms with Crippen molar-refractivity contribution in [2.24, 2.45) is 0 Å². The van der Waals surface area contributed by atoms with E-state index in [0.29, 0.717) is 11.3 Å². The van der Waals surface area contributed by atoms with Gasteiger partial charge in [-0.05, 0) is 35.9 Å². The first kappa shape index (κ1) is 16.3. The third-order valence-corrected chi connectivity index (χ3v) is 3.61. The lowest BCUT2D eigenvalue weighted by Crippen LogP contribution is -2.01. The second kappa shape index (κ2) is 6.81. The topological polar surface area (TPSA) is 46.5 Å². The minimum absolute atomic E-state index is 0.00788. The van der Waals surface area contributed by atoms with Crippen molar-refractivity contribution >= 4 is 40.8 Å². The molecule has 22 heavy (non-hydrogen) atoms. The van der Waals surface area contributed by atoms with Gasteiger partial charge in [0, 0.05) is 5.56 Å². The minimum Gasteiger partial charge on any atom is -0.495 e. The zero-order chi connectivity index (χ0) is 16.3. The summed E-state index contributed by atoms with van der Waals surface area (Å²) in [5, 5.41) is 9.76. The van der Waals surface area contributed by atoms with Crippen LogP contribution < -0.4 is 4.74 Å². The fraction of sp³-hybridized carbons (Fsp3) is 0.0625.